The normalized spacial score (nSPS) is 17.8. The van der Waals surface area contributed by atoms with Crippen molar-refractivity contribution in [3.05, 3.63) is 52.4 Å². The van der Waals surface area contributed by atoms with Gasteiger partial charge in [0, 0.05) is 10.0 Å². The van der Waals surface area contributed by atoms with E-state index in [9.17, 15) is 4.39 Å². The topological polar surface area (TPSA) is 34.1 Å². The Morgan fingerprint density at radius 2 is 2.20 bits per heavy atom. The maximum absolute atomic E-state index is 13.2. The average molecular weight is 337 g/mol. The van der Waals surface area contributed by atoms with Crippen LogP contribution in [0.15, 0.2) is 40.9 Å². The van der Waals surface area contributed by atoms with E-state index in [4.69, 9.17) is 4.74 Å². The lowest BCUT2D eigenvalue weighted by Crippen LogP contribution is -2.11. The van der Waals surface area contributed by atoms with Gasteiger partial charge in [0.1, 0.15) is 11.6 Å². The lowest BCUT2D eigenvalue weighted by Gasteiger charge is -2.19. The summed E-state index contributed by atoms with van der Waals surface area (Å²) in [5.74, 6) is 0.937. The molecule has 0 bridgehead atoms. The summed E-state index contributed by atoms with van der Waals surface area (Å²) in [7, 11) is 0. The van der Waals surface area contributed by atoms with E-state index < -0.39 is 5.95 Å². The van der Waals surface area contributed by atoms with Crippen LogP contribution in [0.3, 0.4) is 0 Å². The van der Waals surface area contributed by atoms with E-state index in [1.165, 1.54) is 6.07 Å². The second kappa shape index (κ2) is 5.79. The van der Waals surface area contributed by atoms with E-state index in [1.54, 1.807) is 12.1 Å². The van der Waals surface area contributed by atoms with E-state index >= 15 is 0 Å². The molecule has 1 aliphatic rings. The Bertz CT molecular complexity index is 621. The van der Waals surface area contributed by atoms with Crippen LogP contribution in [0, 0.1) is 5.95 Å². The molecule has 5 heteroatoms. The fraction of sp³-hybridized carbons (Fsp3) is 0.267. The average Bonchev–Trinajstić information content (AvgIpc) is 2.61. The smallest absolute Gasteiger partial charge is 0.214 e. The highest BCUT2D eigenvalue weighted by molar-refractivity contribution is 9.10. The summed E-state index contributed by atoms with van der Waals surface area (Å²) >= 11 is 3.45. The molecule has 0 radical (unpaired) electrons. The fourth-order valence-electron chi connectivity index (χ4n) is 2.36. The molecule has 3 rings (SSSR count). The quantitative estimate of drug-likeness (QED) is 0.830. The molecule has 0 saturated heterocycles. The molecule has 0 saturated carbocycles. The molecule has 1 unspecified atom stereocenters. The number of nitrogens with one attached hydrogen (secondary N) is 1. The molecule has 104 valence electrons. The Balaban J connectivity index is 1.90. The first-order valence-electron chi connectivity index (χ1n) is 6.54. The molecule has 0 amide bonds. The molecule has 2 aromatic rings. The molecule has 1 aromatic carbocycles. The summed E-state index contributed by atoms with van der Waals surface area (Å²) in [6, 6.07) is 10.8. The molecule has 0 fully saturated rings. The number of ether oxygens (including phenoxy) is 1. The number of aromatic nitrogens is 1. The van der Waals surface area contributed by atoms with Gasteiger partial charge >= 0.3 is 0 Å². The number of pyridine rings is 1. The predicted octanol–water partition coefficient (Wildman–Crippen LogP) is 4.31. The highest BCUT2D eigenvalue weighted by Gasteiger charge is 2.20. The number of halogens is 2. The SMILES string of the molecule is Fc1cccc(NC2CCCOc3cc(Br)ccc32)n1. The van der Waals surface area contributed by atoms with E-state index in [1.807, 2.05) is 18.2 Å². The third kappa shape index (κ3) is 2.93. The van der Waals surface area contributed by atoms with Crippen molar-refractivity contribution in [1.29, 1.82) is 0 Å². The summed E-state index contributed by atoms with van der Waals surface area (Å²) < 4.78 is 19.9. The Hall–Kier alpha value is -1.62. The zero-order valence-corrected chi connectivity index (χ0v) is 12.4. The zero-order chi connectivity index (χ0) is 13.9. The molecule has 1 aliphatic heterocycles. The van der Waals surface area contributed by atoms with Gasteiger partial charge in [0.2, 0.25) is 5.95 Å². The van der Waals surface area contributed by atoms with Crippen molar-refractivity contribution in [2.45, 2.75) is 18.9 Å². The summed E-state index contributed by atoms with van der Waals surface area (Å²) in [6.45, 7) is 0.693. The molecular formula is C15H14BrFN2O. The van der Waals surface area contributed by atoms with Gasteiger partial charge in [-0.15, -0.1) is 0 Å². The van der Waals surface area contributed by atoms with Gasteiger partial charge in [-0.05, 0) is 37.1 Å². The van der Waals surface area contributed by atoms with Crippen LogP contribution >= 0.6 is 15.9 Å². The number of hydrogen-bond donors (Lipinski definition) is 1. The van der Waals surface area contributed by atoms with E-state index in [0.29, 0.717) is 12.4 Å². The Labute approximate surface area is 125 Å². The van der Waals surface area contributed by atoms with E-state index in [0.717, 1.165) is 28.6 Å². The van der Waals surface area contributed by atoms with E-state index in [-0.39, 0.29) is 6.04 Å². The predicted molar refractivity (Wildman–Crippen MR) is 79.4 cm³/mol. The van der Waals surface area contributed by atoms with Crippen molar-refractivity contribution in [1.82, 2.24) is 4.98 Å². The van der Waals surface area contributed by atoms with Crippen LogP contribution in [-0.2, 0) is 0 Å². The van der Waals surface area contributed by atoms with Crippen LogP contribution in [0.25, 0.3) is 0 Å². The van der Waals surface area contributed by atoms with Crippen LogP contribution in [-0.4, -0.2) is 11.6 Å². The molecule has 0 spiro atoms. The number of nitrogens with zero attached hydrogens (tertiary/aromatic N) is 1. The van der Waals surface area contributed by atoms with Gasteiger partial charge in [0.05, 0.1) is 12.6 Å². The molecule has 0 aliphatic carbocycles. The third-order valence-corrected chi connectivity index (χ3v) is 3.78. The lowest BCUT2D eigenvalue weighted by molar-refractivity contribution is 0.316. The van der Waals surface area contributed by atoms with Crippen molar-refractivity contribution < 1.29 is 9.13 Å². The van der Waals surface area contributed by atoms with Crippen molar-refractivity contribution >= 4 is 21.7 Å². The lowest BCUT2D eigenvalue weighted by atomic mass is 10.0. The first-order chi connectivity index (χ1) is 9.72. The van der Waals surface area contributed by atoms with Gasteiger partial charge in [0.25, 0.3) is 0 Å². The zero-order valence-electron chi connectivity index (χ0n) is 10.8. The van der Waals surface area contributed by atoms with Crippen LogP contribution < -0.4 is 10.1 Å². The first-order valence-corrected chi connectivity index (χ1v) is 7.33. The molecule has 3 nitrogen and oxygen atoms in total. The van der Waals surface area contributed by atoms with Crippen molar-refractivity contribution in [3.8, 4) is 5.75 Å². The third-order valence-electron chi connectivity index (χ3n) is 3.28. The summed E-state index contributed by atoms with van der Waals surface area (Å²) in [6.07, 6.45) is 1.87. The summed E-state index contributed by atoms with van der Waals surface area (Å²) in [4.78, 5) is 3.86. The second-order valence-corrected chi connectivity index (χ2v) is 5.63. The van der Waals surface area contributed by atoms with Crippen molar-refractivity contribution in [3.63, 3.8) is 0 Å². The molecule has 1 N–H and O–H groups in total. The Morgan fingerprint density at radius 1 is 1.30 bits per heavy atom. The van der Waals surface area contributed by atoms with Gasteiger partial charge < -0.3 is 10.1 Å². The number of benzene rings is 1. The monoisotopic (exact) mass is 336 g/mol. The molecule has 1 aromatic heterocycles. The van der Waals surface area contributed by atoms with Crippen LogP contribution in [0.4, 0.5) is 10.2 Å². The molecule has 1 atom stereocenters. The van der Waals surface area contributed by atoms with E-state index in [2.05, 4.69) is 26.2 Å². The Kier molecular flexibility index (Phi) is 3.87. The summed E-state index contributed by atoms with van der Waals surface area (Å²) in [5.41, 5.74) is 1.08. The minimum Gasteiger partial charge on any atom is -0.493 e. The van der Waals surface area contributed by atoms with Gasteiger partial charge in [0.15, 0.2) is 0 Å². The second-order valence-electron chi connectivity index (χ2n) is 4.72. The largest absolute Gasteiger partial charge is 0.493 e. The van der Waals surface area contributed by atoms with Crippen molar-refractivity contribution in [2.24, 2.45) is 0 Å². The van der Waals surface area contributed by atoms with Crippen molar-refractivity contribution in [2.75, 3.05) is 11.9 Å². The van der Waals surface area contributed by atoms with Gasteiger partial charge in [-0.25, -0.2) is 4.98 Å². The molecule has 2 heterocycles. The number of fused-ring (bicyclic) bond motifs is 1. The molecular weight excluding hydrogens is 323 g/mol. The highest BCUT2D eigenvalue weighted by atomic mass is 79.9. The summed E-state index contributed by atoms with van der Waals surface area (Å²) in [5, 5.41) is 3.29. The standard InChI is InChI=1S/C15H14BrFN2O/c16-10-6-7-11-12(3-2-8-20-13(11)9-10)18-15-5-1-4-14(17)19-15/h1,4-7,9,12H,2-3,8H2,(H,18,19). The van der Waals surface area contributed by atoms with Gasteiger partial charge in [-0.2, -0.15) is 4.39 Å². The molecule has 20 heavy (non-hydrogen) atoms. The van der Waals surface area contributed by atoms with Crippen LogP contribution in [0.5, 0.6) is 5.75 Å². The number of anilines is 1. The van der Waals surface area contributed by atoms with Gasteiger partial charge in [-0.1, -0.05) is 28.1 Å². The van der Waals surface area contributed by atoms with Crippen LogP contribution in [0.2, 0.25) is 0 Å². The Morgan fingerprint density at radius 3 is 3.05 bits per heavy atom. The van der Waals surface area contributed by atoms with Gasteiger partial charge in [-0.3, -0.25) is 0 Å². The van der Waals surface area contributed by atoms with Crippen LogP contribution in [0.1, 0.15) is 24.4 Å². The maximum atomic E-state index is 13.2. The minimum absolute atomic E-state index is 0.0786. The fourth-order valence-corrected chi connectivity index (χ4v) is 2.70. The number of hydrogen-bond acceptors (Lipinski definition) is 3. The highest BCUT2D eigenvalue weighted by Crippen LogP contribution is 2.35. The minimum atomic E-state index is -0.476. The maximum Gasteiger partial charge on any atom is 0.214 e. The first kappa shape index (κ1) is 13.4. The number of rotatable bonds is 2.